The van der Waals surface area contributed by atoms with Gasteiger partial charge < -0.3 is 14.5 Å². The maximum Gasteiger partial charge on any atom is 0.256 e. The third-order valence-corrected chi connectivity index (χ3v) is 5.51. The van der Waals surface area contributed by atoms with Crippen molar-refractivity contribution >= 4 is 38.5 Å². The zero-order valence-corrected chi connectivity index (χ0v) is 17.9. The molecule has 0 aliphatic carbocycles. The summed E-state index contributed by atoms with van der Waals surface area (Å²) in [6, 6.07) is 15.5. The number of fused-ring (bicyclic) bond motifs is 1. The Hall–Kier alpha value is -2.44. The number of hydrogen-bond acceptors (Lipinski definition) is 4. The number of carbonyl (C=O) groups is 1. The first-order valence-electron chi connectivity index (χ1n) is 9.89. The van der Waals surface area contributed by atoms with E-state index in [1.54, 1.807) is 0 Å². The van der Waals surface area contributed by atoms with Crippen LogP contribution >= 0.6 is 15.9 Å². The molecule has 1 N–H and O–H groups in total. The third-order valence-electron chi connectivity index (χ3n) is 5.02. The largest absolute Gasteiger partial charge is 0.438 e. The molecule has 3 aromatic rings. The van der Waals surface area contributed by atoms with Crippen molar-refractivity contribution in [2.75, 3.05) is 13.2 Å². The van der Waals surface area contributed by atoms with E-state index in [-0.39, 0.29) is 12.0 Å². The molecule has 5 nitrogen and oxygen atoms in total. The van der Waals surface area contributed by atoms with Crippen molar-refractivity contribution in [3.63, 3.8) is 0 Å². The van der Waals surface area contributed by atoms with Crippen LogP contribution < -0.4 is 10.9 Å². The molecule has 1 saturated heterocycles. The molecule has 0 radical (unpaired) electrons. The van der Waals surface area contributed by atoms with Gasteiger partial charge in [0.1, 0.15) is 11.1 Å². The molecule has 0 saturated carbocycles. The van der Waals surface area contributed by atoms with Gasteiger partial charge in [-0.05, 0) is 61.2 Å². The van der Waals surface area contributed by atoms with E-state index >= 15 is 0 Å². The average Bonchev–Trinajstić information content (AvgIpc) is 3.25. The predicted octanol–water partition coefficient (Wildman–Crippen LogP) is 4.90. The van der Waals surface area contributed by atoms with E-state index in [4.69, 9.17) is 9.15 Å². The van der Waals surface area contributed by atoms with Gasteiger partial charge in [0.15, 0.2) is 0 Å². The van der Waals surface area contributed by atoms with Crippen LogP contribution in [-0.4, -0.2) is 25.2 Å². The van der Waals surface area contributed by atoms with Crippen LogP contribution in [0.25, 0.3) is 11.0 Å². The van der Waals surface area contributed by atoms with Gasteiger partial charge in [0.25, 0.3) is 5.91 Å². The van der Waals surface area contributed by atoms with Crippen molar-refractivity contribution in [3.05, 3.63) is 69.7 Å². The zero-order valence-electron chi connectivity index (χ0n) is 16.3. The lowest BCUT2D eigenvalue weighted by atomic mass is 10.1. The van der Waals surface area contributed by atoms with E-state index in [0.29, 0.717) is 23.2 Å². The lowest BCUT2D eigenvalue weighted by molar-refractivity contribution is 0.0854. The Balaban J connectivity index is 1.75. The highest BCUT2D eigenvalue weighted by Crippen LogP contribution is 2.21. The van der Waals surface area contributed by atoms with Crippen molar-refractivity contribution in [2.45, 2.75) is 32.3 Å². The normalized spacial score (nSPS) is 17.0. The fourth-order valence-electron chi connectivity index (χ4n) is 3.42. The zero-order chi connectivity index (χ0) is 20.2. The summed E-state index contributed by atoms with van der Waals surface area (Å²) in [7, 11) is 0. The summed E-state index contributed by atoms with van der Waals surface area (Å²) < 4.78 is 12.6. The number of halogens is 1. The first kappa shape index (κ1) is 19.9. The number of nitrogens with zero attached hydrogens (tertiary/aromatic N) is 1. The van der Waals surface area contributed by atoms with E-state index in [1.807, 2.05) is 42.5 Å². The highest BCUT2D eigenvalue weighted by Gasteiger charge is 2.18. The summed E-state index contributed by atoms with van der Waals surface area (Å²) in [5.41, 5.74) is 3.33. The second-order valence-corrected chi connectivity index (χ2v) is 8.04. The molecular formula is C23H23BrN2O3. The van der Waals surface area contributed by atoms with Crippen LogP contribution in [-0.2, 0) is 11.2 Å². The number of carbonyl (C=O) groups excluding carboxylic acids is 1. The Bertz CT molecular complexity index is 1100. The molecule has 2 aromatic carbocycles. The number of ether oxygens (including phenoxy) is 1. The molecule has 0 spiro atoms. The van der Waals surface area contributed by atoms with Gasteiger partial charge in [0.2, 0.25) is 5.55 Å². The molecule has 1 aliphatic heterocycles. The summed E-state index contributed by atoms with van der Waals surface area (Å²) in [5, 5.41) is 3.81. The van der Waals surface area contributed by atoms with Crippen molar-refractivity contribution < 1.29 is 13.9 Å². The van der Waals surface area contributed by atoms with Gasteiger partial charge in [-0.3, -0.25) is 4.79 Å². The number of amides is 1. The molecule has 4 rings (SSSR count). The van der Waals surface area contributed by atoms with Crippen molar-refractivity contribution in [1.29, 1.82) is 0 Å². The fraction of sp³-hybridized carbons (Fsp3) is 0.304. The van der Waals surface area contributed by atoms with Crippen LogP contribution in [0.2, 0.25) is 0 Å². The van der Waals surface area contributed by atoms with Gasteiger partial charge in [0, 0.05) is 23.0 Å². The second kappa shape index (κ2) is 8.93. The molecule has 29 heavy (non-hydrogen) atoms. The van der Waals surface area contributed by atoms with Crippen LogP contribution in [0.5, 0.6) is 0 Å². The van der Waals surface area contributed by atoms with Gasteiger partial charge in [-0.2, -0.15) is 0 Å². The molecule has 0 unspecified atom stereocenters. The minimum absolute atomic E-state index is 0.0760. The van der Waals surface area contributed by atoms with Crippen LogP contribution in [0.15, 0.2) is 62.4 Å². The van der Waals surface area contributed by atoms with Gasteiger partial charge >= 0.3 is 0 Å². The summed E-state index contributed by atoms with van der Waals surface area (Å²) in [4.78, 5) is 17.6. The van der Waals surface area contributed by atoms with Gasteiger partial charge in [-0.1, -0.05) is 35.0 Å². The number of rotatable bonds is 5. The Morgan fingerprint density at radius 2 is 2.14 bits per heavy atom. The molecule has 0 bridgehead atoms. The minimum atomic E-state index is -0.212. The first-order chi connectivity index (χ1) is 14.1. The summed E-state index contributed by atoms with van der Waals surface area (Å²) in [6.45, 7) is 3.34. The van der Waals surface area contributed by atoms with Crippen LogP contribution in [0, 0.1) is 0 Å². The number of hydrogen-bond donors (Lipinski definition) is 1. The molecule has 1 amide bonds. The van der Waals surface area contributed by atoms with Gasteiger partial charge in [-0.15, -0.1) is 0 Å². The van der Waals surface area contributed by atoms with E-state index in [2.05, 4.69) is 39.2 Å². The lowest BCUT2D eigenvalue weighted by Gasteiger charge is -2.11. The van der Waals surface area contributed by atoms with E-state index in [0.717, 1.165) is 41.4 Å². The number of nitrogens with one attached hydrogen (secondary N) is 1. The van der Waals surface area contributed by atoms with Crippen LogP contribution in [0.4, 0.5) is 5.69 Å². The smallest absolute Gasteiger partial charge is 0.256 e. The summed E-state index contributed by atoms with van der Waals surface area (Å²) in [5.74, 6) is -0.212. The Labute approximate surface area is 177 Å². The number of aryl methyl sites for hydroxylation is 1. The minimum Gasteiger partial charge on any atom is -0.438 e. The van der Waals surface area contributed by atoms with Gasteiger partial charge in [0.05, 0.1) is 11.8 Å². The maximum atomic E-state index is 13.0. The van der Waals surface area contributed by atoms with Crippen LogP contribution in [0.3, 0.4) is 0 Å². The van der Waals surface area contributed by atoms with Crippen molar-refractivity contribution in [3.8, 4) is 0 Å². The molecule has 2 heterocycles. The molecule has 150 valence electrons. The highest BCUT2D eigenvalue weighted by atomic mass is 79.9. The van der Waals surface area contributed by atoms with E-state index in [1.165, 1.54) is 5.56 Å². The maximum absolute atomic E-state index is 13.0. The predicted molar refractivity (Wildman–Crippen MR) is 116 cm³/mol. The van der Waals surface area contributed by atoms with Crippen LogP contribution in [0.1, 0.15) is 35.7 Å². The topological polar surface area (TPSA) is 63.8 Å². The fourth-order valence-corrected chi connectivity index (χ4v) is 3.80. The lowest BCUT2D eigenvalue weighted by Crippen LogP contribution is -2.34. The SMILES string of the molecule is CCc1cccc(N=c2oc3ccc(Br)cc3cc2C(=O)NC[C@H]2CCCO2)c1. The highest BCUT2D eigenvalue weighted by molar-refractivity contribution is 9.10. The van der Waals surface area contributed by atoms with E-state index in [9.17, 15) is 4.79 Å². The van der Waals surface area contributed by atoms with Crippen molar-refractivity contribution in [1.82, 2.24) is 5.32 Å². The molecule has 1 atom stereocenters. The molecule has 6 heteroatoms. The standard InChI is InChI=1S/C23H23BrN2O3/c1-2-15-5-3-6-18(11-15)26-23-20(22(27)25-14-19-7-4-10-28-19)13-16-12-17(24)8-9-21(16)29-23/h3,5-6,8-9,11-13,19H,2,4,7,10,14H2,1H3,(H,25,27)/t19-/m1/s1. The molecule has 1 aliphatic rings. The molecular weight excluding hydrogens is 432 g/mol. The molecule has 1 aromatic heterocycles. The van der Waals surface area contributed by atoms with Gasteiger partial charge in [-0.25, -0.2) is 4.99 Å². The number of benzene rings is 2. The summed E-state index contributed by atoms with van der Waals surface area (Å²) >= 11 is 3.48. The average molecular weight is 455 g/mol. The summed E-state index contributed by atoms with van der Waals surface area (Å²) in [6.07, 6.45) is 3.00. The Morgan fingerprint density at radius 3 is 2.93 bits per heavy atom. The Morgan fingerprint density at radius 1 is 1.24 bits per heavy atom. The van der Waals surface area contributed by atoms with Crippen molar-refractivity contribution in [2.24, 2.45) is 4.99 Å². The molecule has 1 fully saturated rings. The monoisotopic (exact) mass is 454 g/mol. The van der Waals surface area contributed by atoms with E-state index < -0.39 is 0 Å². The quantitative estimate of drug-likeness (QED) is 0.596. The Kier molecular flexibility index (Phi) is 6.11. The second-order valence-electron chi connectivity index (χ2n) is 7.13. The first-order valence-corrected chi connectivity index (χ1v) is 10.7. The third kappa shape index (κ3) is 4.77.